The van der Waals surface area contributed by atoms with Gasteiger partial charge in [0.25, 0.3) is 0 Å². The van der Waals surface area contributed by atoms with Gasteiger partial charge in [-0.05, 0) is 49.4 Å². The van der Waals surface area contributed by atoms with E-state index in [0.717, 1.165) is 5.69 Å². The lowest BCUT2D eigenvalue weighted by Gasteiger charge is -2.09. The normalized spacial score (nSPS) is 14.8. The van der Waals surface area contributed by atoms with Crippen molar-refractivity contribution in [1.82, 2.24) is 10.6 Å². The molecule has 0 saturated carbocycles. The molecule has 0 unspecified atom stereocenters. The van der Waals surface area contributed by atoms with E-state index >= 15 is 0 Å². The van der Waals surface area contributed by atoms with Crippen LogP contribution < -0.4 is 21.7 Å². The van der Waals surface area contributed by atoms with Crippen LogP contribution in [0.15, 0.2) is 53.2 Å². The van der Waals surface area contributed by atoms with Crippen molar-refractivity contribution in [3.63, 3.8) is 0 Å². The van der Waals surface area contributed by atoms with Gasteiger partial charge in [0.15, 0.2) is 0 Å². The summed E-state index contributed by atoms with van der Waals surface area (Å²) in [7, 11) is 0. The van der Waals surface area contributed by atoms with Crippen molar-refractivity contribution in [2.24, 2.45) is 10.7 Å². The minimum atomic E-state index is -0.809. The zero-order valence-corrected chi connectivity index (χ0v) is 13.7. The Morgan fingerprint density at radius 1 is 1.16 bits per heavy atom. The second-order valence-electron chi connectivity index (χ2n) is 5.14. The number of nitrogens with zero attached hydrogens (tertiary/aromatic N) is 1. The highest BCUT2D eigenvalue weighted by Crippen LogP contribution is 2.18. The lowest BCUT2D eigenvalue weighted by Crippen LogP contribution is -2.32. The van der Waals surface area contributed by atoms with Gasteiger partial charge >= 0.3 is 6.03 Å². The first kappa shape index (κ1) is 17.9. The Morgan fingerprint density at radius 2 is 1.88 bits per heavy atom. The first-order chi connectivity index (χ1) is 12.0. The molecule has 0 radical (unpaired) electrons. The maximum atomic E-state index is 11.6. The minimum Gasteiger partial charge on any atom is -0.376 e. The molecule has 1 aromatic carbocycles. The van der Waals surface area contributed by atoms with Crippen LogP contribution in [0.5, 0.6) is 0 Å². The molecule has 0 fully saturated rings. The van der Waals surface area contributed by atoms with Gasteiger partial charge in [-0.15, -0.1) is 0 Å². The summed E-state index contributed by atoms with van der Waals surface area (Å²) in [6.45, 7) is 2.64. The summed E-state index contributed by atoms with van der Waals surface area (Å²) >= 11 is 0. The maximum Gasteiger partial charge on any atom is 0.316 e. The fourth-order valence-corrected chi connectivity index (χ4v) is 2.06. The van der Waals surface area contributed by atoms with Crippen LogP contribution in [0.2, 0.25) is 0 Å². The molecule has 1 aromatic rings. The van der Waals surface area contributed by atoms with Crippen molar-refractivity contribution in [2.75, 3.05) is 18.4 Å². The van der Waals surface area contributed by atoms with Gasteiger partial charge in [0.1, 0.15) is 0 Å². The van der Waals surface area contributed by atoms with E-state index in [9.17, 15) is 14.4 Å². The van der Waals surface area contributed by atoms with Crippen molar-refractivity contribution >= 4 is 34.8 Å². The van der Waals surface area contributed by atoms with E-state index in [1.165, 1.54) is 12.2 Å². The zero-order valence-electron chi connectivity index (χ0n) is 13.7. The summed E-state index contributed by atoms with van der Waals surface area (Å²) in [6, 6.07) is 6.32. The van der Waals surface area contributed by atoms with Crippen LogP contribution in [0.4, 0.5) is 16.2 Å². The van der Waals surface area contributed by atoms with E-state index in [0.29, 0.717) is 17.9 Å². The van der Waals surface area contributed by atoms with E-state index in [1.807, 2.05) is 6.92 Å². The van der Waals surface area contributed by atoms with E-state index < -0.39 is 6.03 Å². The molecule has 2 rings (SSSR count). The van der Waals surface area contributed by atoms with Gasteiger partial charge < -0.3 is 21.7 Å². The smallest absolute Gasteiger partial charge is 0.316 e. The molecule has 0 heterocycles. The molecule has 0 aromatic heterocycles. The SMILES string of the molecule is CCNC(=O)CNc1ccc(N=C2C=CC(=O)C(NC(N)=O)=C2)cc1. The second-order valence-corrected chi connectivity index (χ2v) is 5.14. The number of nitrogens with one attached hydrogen (secondary N) is 3. The number of rotatable bonds is 6. The van der Waals surface area contributed by atoms with Gasteiger partial charge in [0.05, 0.1) is 23.6 Å². The van der Waals surface area contributed by atoms with Gasteiger partial charge in [-0.25, -0.2) is 9.79 Å². The molecule has 0 saturated heterocycles. The number of urea groups is 1. The molecule has 5 N–H and O–H groups in total. The molecule has 8 heteroatoms. The number of ketones is 1. The molecule has 0 aliphatic heterocycles. The summed E-state index contributed by atoms with van der Waals surface area (Å²) in [5.41, 5.74) is 7.06. The molecule has 8 nitrogen and oxygen atoms in total. The second kappa shape index (κ2) is 8.44. The number of carbonyl (C=O) groups excluding carboxylic acids is 3. The first-order valence-electron chi connectivity index (χ1n) is 7.68. The van der Waals surface area contributed by atoms with Crippen molar-refractivity contribution in [2.45, 2.75) is 6.92 Å². The Morgan fingerprint density at radius 3 is 2.52 bits per heavy atom. The van der Waals surface area contributed by atoms with Crippen LogP contribution in [0.3, 0.4) is 0 Å². The molecular weight excluding hydrogens is 322 g/mol. The topological polar surface area (TPSA) is 126 Å². The van der Waals surface area contributed by atoms with E-state index in [2.05, 4.69) is 20.9 Å². The Balaban J connectivity index is 2.04. The fourth-order valence-electron chi connectivity index (χ4n) is 2.06. The van der Waals surface area contributed by atoms with Crippen molar-refractivity contribution in [3.8, 4) is 0 Å². The number of benzene rings is 1. The quantitative estimate of drug-likeness (QED) is 0.576. The van der Waals surface area contributed by atoms with Crippen LogP contribution in [0, 0.1) is 0 Å². The van der Waals surface area contributed by atoms with Crippen molar-refractivity contribution in [3.05, 3.63) is 48.2 Å². The maximum absolute atomic E-state index is 11.6. The van der Waals surface area contributed by atoms with Gasteiger partial charge in [-0.3, -0.25) is 9.59 Å². The molecular formula is C17H19N5O3. The monoisotopic (exact) mass is 341 g/mol. The largest absolute Gasteiger partial charge is 0.376 e. The Labute approximate surface area is 144 Å². The number of hydrogen-bond donors (Lipinski definition) is 4. The summed E-state index contributed by atoms with van der Waals surface area (Å²) in [5, 5.41) is 7.97. The van der Waals surface area contributed by atoms with Crippen LogP contribution in [0.25, 0.3) is 0 Å². The van der Waals surface area contributed by atoms with E-state index in [4.69, 9.17) is 5.73 Å². The lowest BCUT2D eigenvalue weighted by atomic mass is 10.1. The zero-order chi connectivity index (χ0) is 18.2. The third kappa shape index (κ3) is 5.61. The molecule has 3 amide bonds. The minimum absolute atomic E-state index is 0.0778. The highest BCUT2D eigenvalue weighted by Gasteiger charge is 2.13. The van der Waals surface area contributed by atoms with E-state index in [-0.39, 0.29) is 23.9 Å². The molecule has 1 aliphatic carbocycles. The van der Waals surface area contributed by atoms with Gasteiger partial charge in [0.2, 0.25) is 11.7 Å². The van der Waals surface area contributed by atoms with Gasteiger partial charge in [0, 0.05) is 12.2 Å². The molecule has 25 heavy (non-hydrogen) atoms. The molecule has 1 aliphatic rings. The number of aliphatic imine (C=N–C) groups is 1. The number of carbonyl (C=O) groups is 3. The predicted molar refractivity (Wildman–Crippen MR) is 95.7 cm³/mol. The number of allylic oxidation sites excluding steroid dienone is 3. The molecule has 0 bridgehead atoms. The highest BCUT2D eigenvalue weighted by atomic mass is 16.2. The Bertz CT molecular complexity index is 763. The summed E-state index contributed by atoms with van der Waals surface area (Å²) in [6.07, 6.45) is 4.32. The lowest BCUT2D eigenvalue weighted by molar-refractivity contribution is -0.119. The summed E-state index contributed by atoms with van der Waals surface area (Å²) < 4.78 is 0. The average Bonchev–Trinajstić information content (AvgIpc) is 2.57. The number of likely N-dealkylation sites (N-methyl/N-ethyl adjacent to an activating group) is 1. The molecule has 130 valence electrons. The number of hydrogen-bond acceptors (Lipinski definition) is 5. The van der Waals surface area contributed by atoms with Crippen molar-refractivity contribution < 1.29 is 14.4 Å². The molecule has 0 spiro atoms. The number of primary amides is 1. The first-order valence-corrected chi connectivity index (χ1v) is 7.68. The van der Waals surface area contributed by atoms with Crippen LogP contribution >= 0.6 is 0 Å². The van der Waals surface area contributed by atoms with E-state index in [1.54, 1.807) is 30.3 Å². The standard InChI is InChI=1S/C17H19N5O3/c1-2-19-16(24)10-20-11-3-5-12(6-4-11)21-13-7-8-15(23)14(9-13)22-17(18)25/h3-9,20H,2,10H2,1H3,(H,19,24)(H3,18,22,25). The van der Waals surface area contributed by atoms with Gasteiger partial charge in [-0.2, -0.15) is 0 Å². The third-order valence-corrected chi connectivity index (χ3v) is 3.17. The Hall–Kier alpha value is -3.42. The van der Waals surface area contributed by atoms with Crippen LogP contribution in [-0.2, 0) is 9.59 Å². The van der Waals surface area contributed by atoms with Crippen LogP contribution in [0.1, 0.15) is 6.92 Å². The average molecular weight is 341 g/mol. The number of anilines is 1. The van der Waals surface area contributed by atoms with Gasteiger partial charge in [-0.1, -0.05) is 0 Å². The number of nitrogens with two attached hydrogens (primary N) is 1. The molecule has 0 atom stereocenters. The van der Waals surface area contributed by atoms with Crippen molar-refractivity contribution in [1.29, 1.82) is 0 Å². The third-order valence-electron chi connectivity index (χ3n) is 3.17. The number of amides is 3. The highest BCUT2D eigenvalue weighted by molar-refractivity contribution is 6.20. The Kier molecular flexibility index (Phi) is 6.05. The summed E-state index contributed by atoms with van der Waals surface area (Å²) in [5.74, 6) is -0.425. The van der Waals surface area contributed by atoms with Crippen LogP contribution in [-0.4, -0.2) is 36.5 Å². The summed E-state index contributed by atoms with van der Waals surface area (Å²) in [4.78, 5) is 38.3. The predicted octanol–water partition coefficient (Wildman–Crippen LogP) is 0.998. The fraction of sp³-hybridized carbons (Fsp3) is 0.176.